The number of piperidine rings is 1. The number of nitrogens with one attached hydrogen (secondary N) is 2. The van der Waals surface area contributed by atoms with Crippen molar-refractivity contribution >= 4 is 29.9 Å². The first-order valence-corrected chi connectivity index (χ1v) is 8.18. The van der Waals surface area contributed by atoms with E-state index in [0.29, 0.717) is 12.6 Å². The van der Waals surface area contributed by atoms with Gasteiger partial charge in [-0.3, -0.25) is 9.89 Å². The van der Waals surface area contributed by atoms with Gasteiger partial charge in [-0.2, -0.15) is 0 Å². The molecule has 1 aromatic heterocycles. The van der Waals surface area contributed by atoms with Crippen LogP contribution in [0.15, 0.2) is 17.1 Å². The Morgan fingerprint density at radius 2 is 2.00 bits per heavy atom. The van der Waals surface area contributed by atoms with E-state index in [0.717, 1.165) is 50.1 Å². The molecule has 1 aliphatic heterocycles. The Bertz CT molecular complexity index is 559. The zero-order chi connectivity index (χ0) is 16.8. The van der Waals surface area contributed by atoms with E-state index in [1.165, 1.54) is 5.57 Å². The molecule has 1 saturated heterocycles. The summed E-state index contributed by atoms with van der Waals surface area (Å²) in [5, 5.41) is 15.1. The van der Waals surface area contributed by atoms with Crippen molar-refractivity contribution in [1.29, 1.82) is 0 Å². The summed E-state index contributed by atoms with van der Waals surface area (Å²) in [5.74, 6) is 2.64. The summed E-state index contributed by atoms with van der Waals surface area (Å²) in [6, 6.07) is 0.462. The quantitative estimate of drug-likeness (QED) is 0.310. The van der Waals surface area contributed by atoms with Crippen molar-refractivity contribution in [2.24, 2.45) is 12.0 Å². The monoisotopic (exact) mass is 447 g/mol. The fourth-order valence-electron chi connectivity index (χ4n) is 2.77. The number of rotatable bonds is 5. The summed E-state index contributed by atoms with van der Waals surface area (Å²) in [7, 11) is 3.77. The first-order valence-electron chi connectivity index (χ1n) is 8.18. The molecule has 0 atom stereocenters. The third kappa shape index (κ3) is 6.04. The van der Waals surface area contributed by atoms with Gasteiger partial charge in [0.1, 0.15) is 5.82 Å². The smallest absolute Gasteiger partial charge is 0.191 e. The maximum absolute atomic E-state index is 4.31. The number of aryl methyl sites for hydroxylation is 1. The third-order valence-corrected chi connectivity index (χ3v) is 4.24. The minimum atomic E-state index is 0. The number of nitrogens with zero attached hydrogens (tertiary/aromatic N) is 5. The average Bonchev–Trinajstić information content (AvgIpc) is 2.84. The maximum Gasteiger partial charge on any atom is 0.191 e. The molecule has 2 rings (SSSR count). The molecule has 0 bridgehead atoms. The summed E-state index contributed by atoms with van der Waals surface area (Å²) in [6.07, 6.45) is 2.24. The number of aromatic nitrogens is 3. The Kier molecular flexibility index (Phi) is 8.68. The van der Waals surface area contributed by atoms with Gasteiger partial charge in [-0.05, 0) is 26.7 Å². The number of guanidine groups is 1. The Hall–Kier alpha value is -1.16. The first-order chi connectivity index (χ1) is 11.0. The second-order valence-corrected chi connectivity index (χ2v) is 6.30. The van der Waals surface area contributed by atoms with E-state index >= 15 is 0 Å². The SMILES string of the molecule is C=C(C)CN1CCC(NC(=NC)NCc2nnc(C)n2C)CC1.I. The van der Waals surface area contributed by atoms with Gasteiger partial charge in [-0.1, -0.05) is 12.2 Å². The van der Waals surface area contributed by atoms with Crippen LogP contribution in [0.3, 0.4) is 0 Å². The van der Waals surface area contributed by atoms with E-state index in [1.54, 1.807) is 7.05 Å². The van der Waals surface area contributed by atoms with Crippen LogP contribution in [-0.4, -0.2) is 58.3 Å². The molecule has 7 nitrogen and oxygen atoms in total. The molecule has 0 aliphatic carbocycles. The van der Waals surface area contributed by atoms with E-state index < -0.39 is 0 Å². The molecule has 1 fully saturated rings. The number of hydrogen-bond donors (Lipinski definition) is 2. The molecule has 24 heavy (non-hydrogen) atoms. The van der Waals surface area contributed by atoms with Crippen LogP contribution < -0.4 is 10.6 Å². The Labute approximate surface area is 162 Å². The van der Waals surface area contributed by atoms with Crippen LogP contribution in [0.4, 0.5) is 0 Å². The van der Waals surface area contributed by atoms with Crippen LogP contribution in [0.25, 0.3) is 0 Å². The van der Waals surface area contributed by atoms with Gasteiger partial charge in [0.2, 0.25) is 0 Å². The zero-order valence-corrected chi connectivity index (χ0v) is 17.5. The fourth-order valence-corrected chi connectivity index (χ4v) is 2.77. The number of halogens is 1. The highest BCUT2D eigenvalue weighted by Crippen LogP contribution is 2.11. The maximum atomic E-state index is 4.31. The lowest BCUT2D eigenvalue weighted by Gasteiger charge is -2.33. The van der Waals surface area contributed by atoms with Gasteiger partial charge in [-0.25, -0.2) is 0 Å². The molecular weight excluding hydrogens is 417 g/mol. The van der Waals surface area contributed by atoms with Gasteiger partial charge in [0, 0.05) is 39.8 Å². The molecule has 2 N–H and O–H groups in total. The molecule has 0 amide bonds. The van der Waals surface area contributed by atoms with Crippen LogP contribution in [-0.2, 0) is 13.6 Å². The molecular formula is C16H30IN7. The van der Waals surface area contributed by atoms with Crippen LogP contribution in [0.1, 0.15) is 31.4 Å². The molecule has 2 heterocycles. The van der Waals surface area contributed by atoms with Crippen molar-refractivity contribution in [2.75, 3.05) is 26.7 Å². The third-order valence-electron chi connectivity index (χ3n) is 4.24. The summed E-state index contributed by atoms with van der Waals surface area (Å²) < 4.78 is 1.98. The van der Waals surface area contributed by atoms with E-state index in [9.17, 15) is 0 Å². The molecule has 136 valence electrons. The normalized spacial score (nSPS) is 16.6. The van der Waals surface area contributed by atoms with E-state index in [2.05, 4.69) is 44.2 Å². The number of likely N-dealkylation sites (tertiary alicyclic amines) is 1. The average molecular weight is 447 g/mol. The van der Waals surface area contributed by atoms with Crippen LogP contribution in [0.2, 0.25) is 0 Å². The largest absolute Gasteiger partial charge is 0.354 e. The lowest BCUT2D eigenvalue weighted by Crippen LogP contribution is -2.48. The van der Waals surface area contributed by atoms with E-state index in [4.69, 9.17) is 0 Å². The van der Waals surface area contributed by atoms with Crippen LogP contribution in [0, 0.1) is 6.92 Å². The Balaban J connectivity index is 0.00000288. The second-order valence-electron chi connectivity index (χ2n) is 6.30. The van der Waals surface area contributed by atoms with Crippen molar-refractivity contribution in [3.63, 3.8) is 0 Å². The fraction of sp³-hybridized carbons (Fsp3) is 0.688. The summed E-state index contributed by atoms with van der Waals surface area (Å²) >= 11 is 0. The standard InChI is InChI=1S/C16H29N7.HI/c1-12(2)11-23-8-6-14(7-9-23)19-16(17-4)18-10-15-21-20-13(3)22(15)5;/h14H,1,6-11H2,2-5H3,(H2,17,18,19);1H. The predicted molar refractivity (Wildman–Crippen MR) is 109 cm³/mol. The highest BCUT2D eigenvalue weighted by molar-refractivity contribution is 14.0. The Morgan fingerprint density at radius 1 is 1.33 bits per heavy atom. The second kappa shape index (κ2) is 9.97. The van der Waals surface area contributed by atoms with Crippen molar-refractivity contribution in [3.8, 4) is 0 Å². The zero-order valence-electron chi connectivity index (χ0n) is 15.2. The summed E-state index contributed by atoms with van der Waals surface area (Å²) in [5.41, 5.74) is 1.23. The van der Waals surface area contributed by atoms with Gasteiger partial charge < -0.3 is 15.2 Å². The number of hydrogen-bond acceptors (Lipinski definition) is 4. The van der Waals surface area contributed by atoms with Crippen molar-refractivity contribution in [2.45, 2.75) is 39.3 Å². The molecule has 0 unspecified atom stereocenters. The lowest BCUT2D eigenvalue weighted by molar-refractivity contribution is 0.221. The van der Waals surface area contributed by atoms with Crippen molar-refractivity contribution in [3.05, 3.63) is 23.8 Å². The van der Waals surface area contributed by atoms with Gasteiger partial charge in [0.05, 0.1) is 6.54 Å². The van der Waals surface area contributed by atoms with E-state index in [1.807, 2.05) is 18.5 Å². The molecule has 0 saturated carbocycles. The summed E-state index contributed by atoms with van der Waals surface area (Å²) in [6.45, 7) is 11.9. The van der Waals surface area contributed by atoms with Crippen LogP contribution >= 0.6 is 24.0 Å². The van der Waals surface area contributed by atoms with Gasteiger partial charge in [0.25, 0.3) is 0 Å². The molecule has 0 spiro atoms. The minimum absolute atomic E-state index is 0. The van der Waals surface area contributed by atoms with Crippen molar-refractivity contribution in [1.82, 2.24) is 30.3 Å². The van der Waals surface area contributed by atoms with Gasteiger partial charge >= 0.3 is 0 Å². The minimum Gasteiger partial charge on any atom is -0.354 e. The first kappa shape index (κ1) is 20.9. The van der Waals surface area contributed by atoms with Gasteiger partial charge in [-0.15, -0.1) is 34.2 Å². The molecule has 0 aromatic carbocycles. The Morgan fingerprint density at radius 3 is 2.50 bits per heavy atom. The number of aliphatic imine (C=N–C) groups is 1. The van der Waals surface area contributed by atoms with Gasteiger partial charge in [0.15, 0.2) is 11.8 Å². The van der Waals surface area contributed by atoms with Crippen LogP contribution in [0.5, 0.6) is 0 Å². The summed E-state index contributed by atoms with van der Waals surface area (Å²) in [4.78, 5) is 6.77. The predicted octanol–water partition coefficient (Wildman–Crippen LogP) is 1.45. The molecule has 1 aliphatic rings. The topological polar surface area (TPSA) is 70.4 Å². The molecule has 1 aromatic rings. The van der Waals surface area contributed by atoms with Crippen molar-refractivity contribution < 1.29 is 0 Å². The molecule has 0 radical (unpaired) electrons. The lowest BCUT2D eigenvalue weighted by atomic mass is 10.0. The highest BCUT2D eigenvalue weighted by atomic mass is 127. The highest BCUT2D eigenvalue weighted by Gasteiger charge is 2.19. The van der Waals surface area contributed by atoms with E-state index in [-0.39, 0.29) is 24.0 Å². The molecule has 8 heteroatoms.